The molecule has 0 aromatic heterocycles. The third kappa shape index (κ3) is 3.41. The van der Waals surface area contributed by atoms with E-state index in [0.717, 1.165) is 11.5 Å². The fourth-order valence-electron chi connectivity index (χ4n) is 3.69. The Hall–Kier alpha value is -3.12. The molecule has 3 N–H and O–H groups in total. The summed E-state index contributed by atoms with van der Waals surface area (Å²) in [7, 11) is -10.7. The molecule has 1 aliphatic carbocycles. The summed E-state index contributed by atoms with van der Waals surface area (Å²) in [5.74, 6) is -1.10. The summed E-state index contributed by atoms with van der Waals surface area (Å²) in [5, 5.41) is 17.1. The Balaban J connectivity index is 2.03. The summed E-state index contributed by atoms with van der Waals surface area (Å²) < 4.78 is 69.6. The predicted molar refractivity (Wildman–Crippen MR) is 114 cm³/mol. The first-order chi connectivity index (χ1) is 14.6. The first-order valence-corrected chi connectivity index (χ1v) is 11.8. The highest BCUT2D eigenvalue weighted by Crippen LogP contribution is 2.49. The van der Waals surface area contributed by atoms with Crippen molar-refractivity contribution in [2.75, 3.05) is 0 Å². The van der Waals surface area contributed by atoms with Gasteiger partial charge in [0, 0.05) is 5.39 Å². The average Bonchev–Trinajstić information content (AvgIpc) is 2.70. The molecule has 0 spiro atoms. The van der Waals surface area contributed by atoms with E-state index in [9.17, 15) is 31.0 Å². The summed E-state index contributed by atoms with van der Waals surface area (Å²) in [6, 6.07) is 17.5. The highest BCUT2D eigenvalue weighted by Gasteiger charge is 2.62. The molecule has 0 heterocycles. The molecule has 4 rings (SSSR count). The van der Waals surface area contributed by atoms with Crippen molar-refractivity contribution in [3.8, 4) is 0 Å². The lowest BCUT2D eigenvalue weighted by Crippen LogP contribution is -2.48. The number of benzene rings is 3. The Morgan fingerprint density at radius 1 is 0.839 bits per heavy atom. The third-order valence-corrected chi connectivity index (χ3v) is 7.71. The van der Waals surface area contributed by atoms with Crippen molar-refractivity contribution >= 4 is 42.8 Å². The van der Waals surface area contributed by atoms with Crippen LogP contribution in [0, 0.1) is 0 Å². The van der Waals surface area contributed by atoms with E-state index in [4.69, 9.17) is 0 Å². The van der Waals surface area contributed by atoms with Gasteiger partial charge in [-0.05, 0) is 28.7 Å². The van der Waals surface area contributed by atoms with Gasteiger partial charge in [0.25, 0.3) is 15.0 Å². The smallest absolute Gasteiger partial charge is 0.302 e. The predicted octanol–water partition coefficient (Wildman–Crippen LogP) is 4.05. The van der Waals surface area contributed by atoms with Crippen molar-refractivity contribution in [2.45, 2.75) is 10.1 Å². The molecule has 160 valence electrons. The highest BCUT2D eigenvalue weighted by molar-refractivity contribution is 7.91. The van der Waals surface area contributed by atoms with Crippen LogP contribution in [0.25, 0.3) is 16.8 Å². The van der Waals surface area contributed by atoms with Crippen molar-refractivity contribution in [3.63, 3.8) is 0 Å². The minimum absolute atomic E-state index is 0.141. The van der Waals surface area contributed by atoms with Crippen LogP contribution in [-0.4, -0.2) is 35.9 Å². The summed E-state index contributed by atoms with van der Waals surface area (Å²) >= 11 is 0. The van der Waals surface area contributed by atoms with Crippen LogP contribution >= 0.6 is 0 Å². The lowest BCUT2D eigenvalue weighted by atomic mass is 9.92. The van der Waals surface area contributed by atoms with Gasteiger partial charge in [-0.2, -0.15) is 27.1 Å². The van der Waals surface area contributed by atoms with E-state index in [-0.39, 0.29) is 16.8 Å². The van der Waals surface area contributed by atoms with Gasteiger partial charge >= 0.3 is 10.1 Å². The Labute approximate surface area is 177 Å². The van der Waals surface area contributed by atoms with Crippen LogP contribution in [0.4, 0.5) is 5.69 Å². The molecule has 9 nitrogen and oxygen atoms in total. The molecule has 0 amide bonds. The molecular formula is C20H16N2O7S2. The van der Waals surface area contributed by atoms with E-state index in [1.807, 2.05) is 0 Å². The molecule has 0 fully saturated rings. The summed E-state index contributed by atoms with van der Waals surface area (Å²) in [6.07, 6.45) is 0.965. The Morgan fingerprint density at radius 2 is 1.48 bits per heavy atom. The number of rotatable bonds is 4. The number of aliphatic hydroxyl groups is 1. The zero-order chi connectivity index (χ0) is 22.4. The van der Waals surface area contributed by atoms with Crippen LogP contribution in [-0.2, 0) is 20.2 Å². The molecule has 0 saturated heterocycles. The Morgan fingerprint density at radius 3 is 2.19 bits per heavy atom. The van der Waals surface area contributed by atoms with E-state index < -0.39 is 36.1 Å². The van der Waals surface area contributed by atoms with E-state index in [0.29, 0.717) is 5.39 Å². The molecule has 0 radical (unpaired) electrons. The largest absolute Gasteiger partial charge is 0.508 e. The van der Waals surface area contributed by atoms with Crippen molar-refractivity contribution < 1.29 is 31.0 Å². The van der Waals surface area contributed by atoms with Gasteiger partial charge in [0.15, 0.2) is 5.25 Å². The second-order valence-electron chi connectivity index (χ2n) is 6.92. The van der Waals surface area contributed by atoms with Gasteiger partial charge in [-0.3, -0.25) is 9.11 Å². The number of hydrogen-bond acceptors (Lipinski definition) is 7. The van der Waals surface area contributed by atoms with Crippen molar-refractivity contribution in [1.82, 2.24) is 0 Å². The second-order valence-corrected chi connectivity index (χ2v) is 10.00. The van der Waals surface area contributed by atoms with Crippen LogP contribution in [0.3, 0.4) is 0 Å². The van der Waals surface area contributed by atoms with Gasteiger partial charge in [0.1, 0.15) is 5.76 Å². The molecule has 11 heteroatoms. The Kier molecular flexibility index (Phi) is 4.93. The van der Waals surface area contributed by atoms with E-state index in [2.05, 4.69) is 10.2 Å². The SMILES string of the molecule is O=S(=O)(O)C1c2ccccc2C=C(O)C1(/N=N/c1cccc2ccccc12)S(=O)(=O)O. The zero-order valence-electron chi connectivity index (χ0n) is 15.7. The standard InChI is InChI=1S/C20H16N2O7S2/c23-18-12-14-7-2-4-10-16(14)19(30(24,25)26)20(18,31(27,28)29)22-21-17-11-5-8-13-6-1-3-9-15(13)17/h1-12,19,23H,(H,24,25,26)(H,27,28,29)/b22-21+. The van der Waals surface area contributed by atoms with Crippen LogP contribution in [0.5, 0.6) is 0 Å². The van der Waals surface area contributed by atoms with Crippen molar-refractivity contribution in [3.05, 3.63) is 83.6 Å². The van der Waals surface area contributed by atoms with Gasteiger partial charge < -0.3 is 5.11 Å². The molecular weight excluding hydrogens is 444 g/mol. The Bertz CT molecular complexity index is 1460. The van der Waals surface area contributed by atoms with E-state index >= 15 is 0 Å². The molecule has 0 saturated carbocycles. The molecule has 3 aromatic carbocycles. The van der Waals surface area contributed by atoms with Crippen LogP contribution in [0.1, 0.15) is 16.4 Å². The second kappa shape index (κ2) is 7.24. The fraction of sp³-hybridized carbons (Fsp3) is 0.100. The van der Waals surface area contributed by atoms with Gasteiger partial charge in [-0.1, -0.05) is 60.7 Å². The number of hydrogen-bond donors (Lipinski definition) is 3. The van der Waals surface area contributed by atoms with Crippen molar-refractivity contribution in [2.24, 2.45) is 10.2 Å². The summed E-state index contributed by atoms with van der Waals surface area (Å²) in [6.45, 7) is 0. The average molecular weight is 460 g/mol. The lowest BCUT2D eigenvalue weighted by molar-refractivity contribution is 0.309. The molecule has 1 aliphatic rings. The topological polar surface area (TPSA) is 154 Å². The maximum atomic E-state index is 12.5. The van der Waals surface area contributed by atoms with E-state index in [1.165, 1.54) is 30.3 Å². The van der Waals surface area contributed by atoms with Gasteiger partial charge in [0.2, 0.25) is 0 Å². The van der Waals surface area contributed by atoms with E-state index in [1.54, 1.807) is 36.4 Å². The van der Waals surface area contributed by atoms with Crippen LogP contribution < -0.4 is 0 Å². The van der Waals surface area contributed by atoms with Gasteiger partial charge in [0.05, 0.1) is 5.69 Å². The number of nitrogens with zero attached hydrogens (tertiary/aromatic N) is 2. The maximum Gasteiger partial charge on any atom is 0.302 e. The summed E-state index contributed by atoms with van der Waals surface area (Å²) in [5.41, 5.74) is 0.140. The monoisotopic (exact) mass is 460 g/mol. The third-order valence-electron chi connectivity index (χ3n) is 5.06. The van der Waals surface area contributed by atoms with Gasteiger partial charge in [-0.25, -0.2) is 0 Å². The molecule has 3 aromatic rings. The quantitative estimate of drug-likeness (QED) is 0.392. The maximum absolute atomic E-state index is 12.5. The number of aliphatic hydroxyl groups excluding tert-OH is 1. The molecule has 0 aliphatic heterocycles. The lowest BCUT2D eigenvalue weighted by Gasteiger charge is -2.34. The van der Waals surface area contributed by atoms with Gasteiger partial charge in [-0.15, -0.1) is 0 Å². The van der Waals surface area contributed by atoms with Crippen LogP contribution in [0.2, 0.25) is 0 Å². The normalized spacial score (nSPS) is 21.7. The van der Waals surface area contributed by atoms with Crippen molar-refractivity contribution in [1.29, 1.82) is 0 Å². The minimum Gasteiger partial charge on any atom is -0.508 e. The highest BCUT2D eigenvalue weighted by atomic mass is 32.2. The molecule has 2 unspecified atom stereocenters. The molecule has 2 atom stereocenters. The molecule has 0 bridgehead atoms. The molecule has 31 heavy (non-hydrogen) atoms. The van der Waals surface area contributed by atoms with Crippen LogP contribution in [0.15, 0.2) is 82.7 Å². The minimum atomic E-state index is -5.45. The fourth-order valence-corrected chi connectivity index (χ4v) is 6.39. The zero-order valence-corrected chi connectivity index (χ0v) is 17.3. The summed E-state index contributed by atoms with van der Waals surface area (Å²) in [4.78, 5) is -3.20. The number of fused-ring (bicyclic) bond motifs is 2. The first kappa shape index (κ1) is 21.1. The first-order valence-electron chi connectivity index (χ1n) is 8.90. The number of azo groups is 1.